The molecule has 1 amide bonds. The van der Waals surface area contributed by atoms with E-state index in [4.69, 9.17) is 4.74 Å². The summed E-state index contributed by atoms with van der Waals surface area (Å²) in [4.78, 5) is 24.6. The Bertz CT molecular complexity index is 649. The van der Waals surface area contributed by atoms with Crippen molar-refractivity contribution in [1.29, 1.82) is 0 Å². The van der Waals surface area contributed by atoms with E-state index in [1.807, 2.05) is 0 Å². The maximum absolute atomic E-state index is 12.3. The quantitative estimate of drug-likeness (QED) is 0.689. The molecule has 0 aliphatic rings. The first-order valence-electron chi connectivity index (χ1n) is 7.21. The van der Waals surface area contributed by atoms with Gasteiger partial charge < -0.3 is 9.64 Å². The lowest BCUT2D eigenvalue weighted by Gasteiger charge is -2.18. The van der Waals surface area contributed by atoms with E-state index in [1.54, 1.807) is 27.9 Å². The molecule has 0 aromatic heterocycles. The molecule has 8 heteroatoms. The second kappa shape index (κ2) is 8.07. The number of esters is 1. The van der Waals surface area contributed by atoms with Gasteiger partial charge in [-0.2, -0.15) is 4.31 Å². The van der Waals surface area contributed by atoms with Crippen LogP contribution in [0.3, 0.4) is 0 Å². The molecule has 0 N–H and O–H groups in total. The van der Waals surface area contributed by atoms with Crippen molar-refractivity contribution < 1.29 is 22.7 Å². The molecule has 1 aromatic rings. The van der Waals surface area contributed by atoms with Crippen molar-refractivity contribution in [3.63, 3.8) is 0 Å². The molecule has 0 aliphatic heterocycles. The Hall–Kier alpha value is -1.93. The molecule has 23 heavy (non-hydrogen) atoms. The summed E-state index contributed by atoms with van der Waals surface area (Å²) in [6, 6.07) is 5.47. The Morgan fingerprint density at radius 2 is 1.57 bits per heavy atom. The first-order chi connectivity index (χ1) is 10.7. The van der Waals surface area contributed by atoms with Gasteiger partial charge in [0, 0.05) is 27.2 Å². The number of carbonyl (C=O) groups excluding carboxylic acids is 2. The molecule has 1 aromatic carbocycles. The SMILES string of the molecule is CCN(CC)S(=O)(=O)c1ccc(C(=O)OCC(=O)N(C)C)cc1. The van der Waals surface area contributed by atoms with Crippen molar-refractivity contribution in [3.05, 3.63) is 29.8 Å². The molecule has 128 valence electrons. The summed E-state index contributed by atoms with van der Waals surface area (Å²) < 4.78 is 30.9. The molecule has 0 atom stereocenters. The molecule has 0 bridgehead atoms. The Morgan fingerprint density at radius 1 is 1.04 bits per heavy atom. The van der Waals surface area contributed by atoms with Crippen molar-refractivity contribution in [2.24, 2.45) is 0 Å². The van der Waals surface area contributed by atoms with Crippen LogP contribution in [0.2, 0.25) is 0 Å². The lowest BCUT2D eigenvalue weighted by atomic mass is 10.2. The van der Waals surface area contributed by atoms with Crippen LogP contribution in [0, 0.1) is 0 Å². The predicted molar refractivity (Wildman–Crippen MR) is 85.5 cm³/mol. The number of ether oxygens (including phenoxy) is 1. The minimum Gasteiger partial charge on any atom is -0.452 e. The highest BCUT2D eigenvalue weighted by Crippen LogP contribution is 2.16. The molecule has 1 rings (SSSR count). The molecular weight excluding hydrogens is 320 g/mol. The average molecular weight is 342 g/mol. The van der Waals surface area contributed by atoms with Gasteiger partial charge in [0.25, 0.3) is 5.91 Å². The van der Waals surface area contributed by atoms with Gasteiger partial charge >= 0.3 is 5.97 Å². The van der Waals surface area contributed by atoms with Crippen molar-refractivity contribution in [2.45, 2.75) is 18.7 Å². The van der Waals surface area contributed by atoms with Crippen LogP contribution in [0.15, 0.2) is 29.2 Å². The third-order valence-electron chi connectivity index (χ3n) is 3.26. The van der Waals surface area contributed by atoms with Gasteiger partial charge in [0.15, 0.2) is 6.61 Å². The second-order valence-corrected chi connectivity index (χ2v) is 6.92. The van der Waals surface area contributed by atoms with Crippen molar-refractivity contribution in [3.8, 4) is 0 Å². The van der Waals surface area contributed by atoms with Gasteiger partial charge in [-0.25, -0.2) is 13.2 Å². The molecule has 0 heterocycles. The van der Waals surface area contributed by atoms with E-state index >= 15 is 0 Å². The van der Waals surface area contributed by atoms with Gasteiger partial charge in [0.2, 0.25) is 10.0 Å². The average Bonchev–Trinajstić information content (AvgIpc) is 2.53. The van der Waals surface area contributed by atoms with E-state index in [9.17, 15) is 18.0 Å². The van der Waals surface area contributed by atoms with Crippen LogP contribution in [-0.4, -0.2) is 63.3 Å². The number of carbonyl (C=O) groups is 2. The first-order valence-corrected chi connectivity index (χ1v) is 8.65. The minimum absolute atomic E-state index is 0.113. The van der Waals surface area contributed by atoms with Crippen LogP contribution in [0.1, 0.15) is 24.2 Å². The molecular formula is C15H22N2O5S. The standard InChI is InChI=1S/C15H22N2O5S/c1-5-17(6-2)23(20,21)13-9-7-12(8-10-13)15(19)22-11-14(18)16(3)4/h7-10H,5-6,11H2,1-4H3. The van der Waals surface area contributed by atoms with Crippen molar-refractivity contribution in [1.82, 2.24) is 9.21 Å². The molecule has 0 saturated heterocycles. The third-order valence-corrected chi connectivity index (χ3v) is 5.32. The molecule has 0 unspecified atom stereocenters. The van der Waals surface area contributed by atoms with E-state index in [0.717, 1.165) is 0 Å². The lowest BCUT2D eigenvalue weighted by molar-refractivity contribution is -0.131. The molecule has 7 nitrogen and oxygen atoms in total. The van der Waals surface area contributed by atoms with Gasteiger partial charge in [-0.05, 0) is 24.3 Å². The number of hydrogen-bond donors (Lipinski definition) is 0. The maximum atomic E-state index is 12.3. The highest BCUT2D eigenvalue weighted by molar-refractivity contribution is 7.89. The molecule has 0 aliphatic carbocycles. The van der Waals surface area contributed by atoms with Crippen LogP contribution >= 0.6 is 0 Å². The maximum Gasteiger partial charge on any atom is 0.338 e. The smallest absolute Gasteiger partial charge is 0.338 e. The van der Waals surface area contributed by atoms with E-state index in [0.29, 0.717) is 13.1 Å². The zero-order valence-corrected chi connectivity index (χ0v) is 14.6. The van der Waals surface area contributed by atoms with E-state index in [2.05, 4.69) is 0 Å². The normalized spacial score (nSPS) is 11.3. The summed E-state index contributed by atoms with van der Waals surface area (Å²) in [5.74, 6) is -1.01. The van der Waals surface area contributed by atoms with Gasteiger partial charge in [0.1, 0.15) is 0 Å². The lowest BCUT2D eigenvalue weighted by Crippen LogP contribution is -2.30. The summed E-state index contributed by atoms with van der Waals surface area (Å²) in [5.41, 5.74) is 0.190. The van der Waals surface area contributed by atoms with E-state index in [-0.39, 0.29) is 23.0 Å². The number of rotatable bonds is 7. The van der Waals surface area contributed by atoms with Crippen LogP contribution < -0.4 is 0 Å². The Balaban J connectivity index is 2.84. The number of benzene rings is 1. The van der Waals surface area contributed by atoms with Crippen LogP contribution in [0.5, 0.6) is 0 Å². The number of sulfonamides is 1. The highest BCUT2D eigenvalue weighted by Gasteiger charge is 2.22. The Labute approximate surface area is 136 Å². The monoisotopic (exact) mass is 342 g/mol. The summed E-state index contributed by atoms with van der Waals surface area (Å²) in [7, 11) is -0.443. The zero-order chi connectivity index (χ0) is 17.6. The fraction of sp³-hybridized carbons (Fsp3) is 0.467. The second-order valence-electron chi connectivity index (χ2n) is 4.98. The van der Waals surface area contributed by atoms with Gasteiger partial charge in [0.05, 0.1) is 10.5 Å². The molecule has 0 fully saturated rings. The fourth-order valence-electron chi connectivity index (χ4n) is 1.82. The predicted octanol–water partition coefficient (Wildman–Crippen LogP) is 0.962. The zero-order valence-electron chi connectivity index (χ0n) is 13.8. The third kappa shape index (κ3) is 4.77. The molecule has 0 radical (unpaired) electrons. The van der Waals surface area contributed by atoms with Gasteiger partial charge in [-0.15, -0.1) is 0 Å². The topological polar surface area (TPSA) is 84.0 Å². The molecule has 0 saturated carbocycles. The van der Waals surface area contributed by atoms with Gasteiger partial charge in [-0.3, -0.25) is 4.79 Å². The van der Waals surface area contributed by atoms with Crippen LogP contribution in [0.4, 0.5) is 0 Å². The summed E-state index contributed by atoms with van der Waals surface area (Å²) in [6.07, 6.45) is 0. The summed E-state index contributed by atoms with van der Waals surface area (Å²) >= 11 is 0. The van der Waals surface area contributed by atoms with Gasteiger partial charge in [-0.1, -0.05) is 13.8 Å². The fourth-order valence-corrected chi connectivity index (χ4v) is 3.27. The Morgan fingerprint density at radius 3 is 2.00 bits per heavy atom. The number of amides is 1. The van der Waals surface area contributed by atoms with Crippen molar-refractivity contribution >= 4 is 21.9 Å². The van der Waals surface area contributed by atoms with E-state index < -0.39 is 16.0 Å². The number of nitrogens with zero attached hydrogens (tertiary/aromatic N) is 2. The number of likely N-dealkylation sites (N-methyl/N-ethyl adjacent to an activating group) is 1. The highest BCUT2D eigenvalue weighted by atomic mass is 32.2. The first kappa shape index (κ1) is 19.1. The minimum atomic E-state index is -3.56. The van der Waals surface area contributed by atoms with Crippen molar-refractivity contribution in [2.75, 3.05) is 33.8 Å². The number of hydrogen-bond acceptors (Lipinski definition) is 5. The summed E-state index contributed by atoms with van der Waals surface area (Å²) in [5, 5.41) is 0. The molecule has 0 spiro atoms. The Kier molecular flexibility index (Phi) is 6.71. The van der Waals surface area contributed by atoms with Crippen LogP contribution in [-0.2, 0) is 19.6 Å². The van der Waals surface area contributed by atoms with E-state index in [1.165, 1.54) is 33.5 Å². The van der Waals surface area contributed by atoms with Crippen LogP contribution in [0.25, 0.3) is 0 Å². The summed E-state index contributed by atoms with van der Waals surface area (Å²) in [6.45, 7) is 3.90. The largest absolute Gasteiger partial charge is 0.452 e.